The van der Waals surface area contributed by atoms with E-state index in [4.69, 9.17) is 0 Å². The van der Waals surface area contributed by atoms with E-state index in [9.17, 15) is 0 Å². The fourth-order valence-electron chi connectivity index (χ4n) is 3.29. The summed E-state index contributed by atoms with van der Waals surface area (Å²) in [6.45, 7) is 1.87. The average Bonchev–Trinajstić information content (AvgIpc) is 3.30. The van der Waals surface area contributed by atoms with Crippen molar-refractivity contribution in [2.45, 2.75) is 13.0 Å². The van der Waals surface area contributed by atoms with Crippen LogP contribution in [0, 0.1) is 0 Å². The van der Waals surface area contributed by atoms with Crippen molar-refractivity contribution in [1.29, 1.82) is 0 Å². The fraction of sp³-hybridized carbons (Fsp3) is 0.167. The van der Waals surface area contributed by atoms with Gasteiger partial charge in [-0.15, -0.1) is 0 Å². The Labute approximate surface area is 138 Å². The molecule has 0 atom stereocenters. The summed E-state index contributed by atoms with van der Waals surface area (Å²) < 4.78 is 3.98. The topological polar surface area (TPSA) is 60.0 Å². The maximum Gasteiger partial charge on any atom is 0.163 e. The van der Waals surface area contributed by atoms with E-state index in [0.717, 1.165) is 42.2 Å². The molecule has 4 aromatic heterocycles. The minimum absolute atomic E-state index is 0.856. The molecule has 0 aliphatic carbocycles. The van der Waals surface area contributed by atoms with E-state index in [2.05, 4.69) is 31.0 Å². The molecule has 6 heteroatoms. The molecule has 0 aromatic carbocycles. The highest BCUT2D eigenvalue weighted by Crippen LogP contribution is 2.23. The second kappa shape index (κ2) is 5.28. The molecule has 0 bridgehead atoms. The van der Waals surface area contributed by atoms with E-state index in [0.29, 0.717) is 0 Å². The third kappa shape index (κ3) is 2.04. The summed E-state index contributed by atoms with van der Waals surface area (Å²) in [6, 6.07) is 10.3. The molecule has 24 heavy (non-hydrogen) atoms. The Morgan fingerprint density at radius 1 is 1.08 bits per heavy atom. The number of rotatable bonds is 2. The SMILES string of the molecule is c1cc(-c2nccn2-c2cnc3c(c2)CNCC3)n2nccc2c1. The third-order valence-electron chi connectivity index (χ3n) is 4.47. The smallest absolute Gasteiger partial charge is 0.163 e. The summed E-state index contributed by atoms with van der Waals surface area (Å²) in [5.41, 5.74) is 5.48. The standard InChI is InChI=1S/C18H16N6/c1-2-14-4-7-22-24(14)17(3-1)18-20-8-9-23(18)15-10-13-11-19-6-5-16(13)21-12-15/h1-4,7-10,12,19H,5-6,11H2. The molecule has 0 saturated carbocycles. The zero-order valence-electron chi connectivity index (χ0n) is 13.1. The number of pyridine rings is 2. The second-order valence-corrected chi connectivity index (χ2v) is 5.93. The minimum Gasteiger partial charge on any atom is -0.312 e. The predicted octanol–water partition coefficient (Wildman–Crippen LogP) is 2.23. The quantitative estimate of drug-likeness (QED) is 0.616. The van der Waals surface area contributed by atoms with Gasteiger partial charge in [-0.05, 0) is 29.8 Å². The summed E-state index contributed by atoms with van der Waals surface area (Å²) >= 11 is 0. The first-order valence-corrected chi connectivity index (χ1v) is 8.05. The summed E-state index contributed by atoms with van der Waals surface area (Å²) in [5.74, 6) is 0.856. The van der Waals surface area contributed by atoms with Gasteiger partial charge in [0.1, 0.15) is 5.69 Å². The molecule has 0 radical (unpaired) electrons. The van der Waals surface area contributed by atoms with Gasteiger partial charge in [0, 0.05) is 37.6 Å². The van der Waals surface area contributed by atoms with E-state index in [-0.39, 0.29) is 0 Å². The van der Waals surface area contributed by atoms with Gasteiger partial charge in [-0.1, -0.05) is 6.07 Å². The molecule has 1 aliphatic heterocycles. The molecule has 0 unspecified atom stereocenters. The highest BCUT2D eigenvalue weighted by molar-refractivity contribution is 5.61. The maximum atomic E-state index is 4.65. The van der Waals surface area contributed by atoms with Gasteiger partial charge in [-0.2, -0.15) is 5.10 Å². The van der Waals surface area contributed by atoms with Crippen LogP contribution in [0.15, 0.2) is 55.1 Å². The monoisotopic (exact) mass is 316 g/mol. The normalized spacial score (nSPS) is 14.0. The highest BCUT2D eigenvalue weighted by atomic mass is 15.2. The van der Waals surface area contributed by atoms with Crippen LogP contribution in [0.3, 0.4) is 0 Å². The lowest BCUT2D eigenvalue weighted by atomic mass is 10.1. The molecule has 6 nitrogen and oxygen atoms in total. The molecular weight excluding hydrogens is 300 g/mol. The van der Waals surface area contributed by atoms with E-state index in [1.165, 1.54) is 11.3 Å². The summed E-state index contributed by atoms with van der Waals surface area (Å²) in [7, 11) is 0. The number of aromatic nitrogens is 5. The number of imidazole rings is 1. The zero-order valence-corrected chi connectivity index (χ0v) is 13.1. The Morgan fingerprint density at radius 3 is 3.08 bits per heavy atom. The lowest BCUT2D eigenvalue weighted by molar-refractivity contribution is 0.629. The van der Waals surface area contributed by atoms with Crippen LogP contribution in [-0.4, -0.2) is 30.7 Å². The third-order valence-corrected chi connectivity index (χ3v) is 4.47. The first-order valence-electron chi connectivity index (χ1n) is 8.05. The average molecular weight is 316 g/mol. The van der Waals surface area contributed by atoms with E-state index < -0.39 is 0 Å². The van der Waals surface area contributed by atoms with Gasteiger partial charge >= 0.3 is 0 Å². The predicted molar refractivity (Wildman–Crippen MR) is 91.0 cm³/mol. The van der Waals surface area contributed by atoms with Gasteiger partial charge in [-0.25, -0.2) is 9.50 Å². The van der Waals surface area contributed by atoms with Crippen LogP contribution in [0.4, 0.5) is 0 Å². The second-order valence-electron chi connectivity index (χ2n) is 5.93. The number of hydrogen-bond acceptors (Lipinski definition) is 4. The lowest BCUT2D eigenvalue weighted by Crippen LogP contribution is -2.24. The Balaban J connectivity index is 1.67. The summed E-state index contributed by atoms with van der Waals surface area (Å²) in [4.78, 5) is 9.21. The molecule has 0 spiro atoms. The van der Waals surface area contributed by atoms with Gasteiger partial charge in [0.15, 0.2) is 5.82 Å². The zero-order chi connectivity index (χ0) is 15.9. The Hall–Kier alpha value is -2.99. The van der Waals surface area contributed by atoms with Crippen LogP contribution in [0.5, 0.6) is 0 Å². The molecule has 5 rings (SSSR count). The molecular formula is C18H16N6. The number of nitrogens with zero attached hydrogens (tertiary/aromatic N) is 5. The van der Waals surface area contributed by atoms with Crippen LogP contribution in [-0.2, 0) is 13.0 Å². The van der Waals surface area contributed by atoms with Crippen LogP contribution in [0.25, 0.3) is 22.7 Å². The van der Waals surface area contributed by atoms with Crippen LogP contribution < -0.4 is 5.32 Å². The van der Waals surface area contributed by atoms with Gasteiger partial charge in [0.05, 0.1) is 23.6 Å². The van der Waals surface area contributed by atoms with Crippen LogP contribution in [0.1, 0.15) is 11.3 Å². The summed E-state index contributed by atoms with van der Waals surface area (Å²) in [6.07, 6.45) is 8.50. The maximum absolute atomic E-state index is 4.65. The minimum atomic E-state index is 0.856. The van der Waals surface area contributed by atoms with E-state index >= 15 is 0 Å². The van der Waals surface area contributed by atoms with Crippen molar-refractivity contribution in [2.75, 3.05) is 6.54 Å². The van der Waals surface area contributed by atoms with Gasteiger partial charge in [0.2, 0.25) is 0 Å². The van der Waals surface area contributed by atoms with Crippen molar-refractivity contribution in [1.82, 2.24) is 29.5 Å². The Morgan fingerprint density at radius 2 is 2.08 bits per heavy atom. The number of hydrogen-bond donors (Lipinski definition) is 1. The molecule has 0 saturated heterocycles. The van der Waals surface area contributed by atoms with Crippen molar-refractivity contribution in [3.8, 4) is 17.2 Å². The van der Waals surface area contributed by atoms with Gasteiger partial charge in [0.25, 0.3) is 0 Å². The van der Waals surface area contributed by atoms with Gasteiger partial charge < -0.3 is 5.32 Å². The number of fused-ring (bicyclic) bond motifs is 2. The molecule has 1 N–H and O–H groups in total. The van der Waals surface area contributed by atoms with Crippen molar-refractivity contribution in [2.24, 2.45) is 0 Å². The number of nitrogens with one attached hydrogen (secondary N) is 1. The molecule has 1 aliphatic rings. The van der Waals surface area contributed by atoms with Crippen LogP contribution in [0.2, 0.25) is 0 Å². The molecule has 0 fully saturated rings. The molecule has 4 aromatic rings. The fourth-order valence-corrected chi connectivity index (χ4v) is 3.29. The van der Waals surface area contributed by atoms with Crippen molar-refractivity contribution in [3.63, 3.8) is 0 Å². The largest absolute Gasteiger partial charge is 0.312 e. The van der Waals surface area contributed by atoms with Crippen molar-refractivity contribution >= 4 is 5.52 Å². The molecule has 118 valence electrons. The van der Waals surface area contributed by atoms with E-state index in [1.807, 2.05) is 47.4 Å². The van der Waals surface area contributed by atoms with Gasteiger partial charge in [-0.3, -0.25) is 9.55 Å². The van der Waals surface area contributed by atoms with Crippen molar-refractivity contribution in [3.05, 3.63) is 66.4 Å². The first kappa shape index (κ1) is 13.4. The molecule has 5 heterocycles. The van der Waals surface area contributed by atoms with Crippen LogP contribution >= 0.6 is 0 Å². The highest BCUT2D eigenvalue weighted by Gasteiger charge is 2.15. The van der Waals surface area contributed by atoms with E-state index in [1.54, 1.807) is 6.20 Å². The Bertz CT molecular complexity index is 1030. The molecule has 0 amide bonds. The first-order chi connectivity index (χ1) is 11.9. The Kier molecular flexibility index (Phi) is 2.96. The lowest BCUT2D eigenvalue weighted by Gasteiger charge is -2.17. The van der Waals surface area contributed by atoms with Crippen molar-refractivity contribution < 1.29 is 0 Å². The summed E-state index contributed by atoms with van der Waals surface area (Å²) in [5, 5.41) is 7.82.